The van der Waals surface area contributed by atoms with E-state index in [1.807, 2.05) is 18.2 Å². The van der Waals surface area contributed by atoms with Gasteiger partial charge in [0.05, 0.1) is 23.8 Å². The number of nitrogens with one attached hydrogen (secondary N) is 1. The molecule has 2 aromatic heterocycles. The van der Waals surface area contributed by atoms with Gasteiger partial charge in [0.15, 0.2) is 10.8 Å². The lowest BCUT2D eigenvalue weighted by molar-refractivity contribution is 0.0520. The number of anilines is 1. The Bertz CT molecular complexity index is 878. The van der Waals surface area contributed by atoms with Crippen molar-refractivity contribution in [2.45, 2.75) is 6.92 Å². The smallest absolute Gasteiger partial charge is 0.357 e. The first kappa shape index (κ1) is 15.0. The fourth-order valence-corrected chi connectivity index (χ4v) is 2.53. The second kappa shape index (κ2) is 6.49. The van der Waals surface area contributed by atoms with Gasteiger partial charge < -0.3 is 4.74 Å². The summed E-state index contributed by atoms with van der Waals surface area (Å²) in [6, 6.07) is 7.27. The Balaban J connectivity index is 1.76. The van der Waals surface area contributed by atoms with Crippen molar-refractivity contribution < 1.29 is 14.3 Å². The standard InChI is InChI=1S/C15H12N4O3S/c1-2-22-14(21)12-8-23-15(18-12)19-13(20)11-7-16-9-5-3-4-6-10(9)17-11/h3-8H,2H2,1H3,(H,18,19,20). The summed E-state index contributed by atoms with van der Waals surface area (Å²) in [4.78, 5) is 36.2. The Hall–Kier alpha value is -2.87. The van der Waals surface area contributed by atoms with E-state index in [4.69, 9.17) is 4.74 Å². The first-order valence-corrected chi connectivity index (χ1v) is 7.71. The highest BCUT2D eigenvalue weighted by Crippen LogP contribution is 2.17. The van der Waals surface area contributed by atoms with E-state index in [2.05, 4.69) is 20.3 Å². The summed E-state index contributed by atoms with van der Waals surface area (Å²) in [5.74, 6) is -0.956. The molecule has 1 aromatic carbocycles. The van der Waals surface area contributed by atoms with Gasteiger partial charge in [0.25, 0.3) is 5.91 Å². The highest BCUT2D eigenvalue weighted by atomic mass is 32.1. The highest BCUT2D eigenvalue weighted by Gasteiger charge is 2.15. The van der Waals surface area contributed by atoms with Gasteiger partial charge in [0.1, 0.15) is 5.69 Å². The SMILES string of the molecule is CCOC(=O)c1csc(NC(=O)c2cnc3ccccc3n2)n1. The largest absolute Gasteiger partial charge is 0.461 e. The summed E-state index contributed by atoms with van der Waals surface area (Å²) in [5, 5.41) is 4.43. The quantitative estimate of drug-likeness (QED) is 0.740. The molecule has 2 heterocycles. The van der Waals surface area contributed by atoms with Crippen LogP contribution in [-0.4, -0.2) is 33.4 Å². The van der Waals surface area contributed by atoms with Crippen LogP contribution < -0.4 is 5.32 Å². The molecule has 0 spiro atoms. The number of carbonyl (C=O) groups excluding carboxylic acids is 2. The molecule has 3 rings (SSSR count). The number of aromatic nitrogens is 3. The summed E-state index contributed by atoms with van der Waals surface area (Å²) < 4.78 is 4.85. The third-order valence-corrected chi connectivity index (χ3v) is 3.65. The number of rotatable bonds is 4. The van der Waals surface area contributed by atoms with Crippen LogP contribution in [0.2, 0.25) is 0 Å². The second-order valence-corrected chi connectivity index (χ2v) is 5.31. The number of ether oxygens (including phenoxy) is 1. The van der Waals surface area contributed by atoms with Gasteiger partial charge in [-0.2, -0.15) is 0 Å². The lowest BCUT2D eigenvalue weighted by Crippen LogP contribution is -2.14. The van der Waals surface area contributed by atoms with Crippen LogP contribution in [0.25, 0.3) is 11.0 Å². The van der Waals surface area contributed by atoms with Crippen molar-refractivity contribution in [3.8, 4) is 0 Å². The maximum atomic E-state index is 12.2. The zero-order chi connectivity index (χ0) is 16.2. The van der Waals surface area contributed by atoms with E-state index in [9.17, 15) is 9.59 Å². The summed E-state index contributed by atoms with van der Waals surface area (Å²) in [7, 11) is 0. The minimum Gasteiger partial charge on any atom is -0.461 e. The van der Waals surface area contributed by atoms with Crippen LogP contribution in [-0.2, 0) is 4.74 Å². The molecule has 3 aromatic rings. The molecule has 0 aliphatic rings. The van der Waals surface area contributed by atoms with Crippen LogP contribution in [0, 0.1) is 0 Å². The van der Waals surface area contributed by atoms with Crippen LogP contribution in [0.3, 0.4) is 0 Å². The topological polar surface area (TPSA) is 94.1 Å². The van der Waals surface area contributed by atoms with Gasteiger partial charge in [-0.15, -0.1) is 11.3 Å². The zero-order valence-corrected chi connectivity index (χ0v) is 13.0. The van der Waals surface area contributed by atoms with E-state index in [0.717, 1.165) is 11.3 Å². The number of nitrogens with zero attached hydrogens (tertiary/aromatic N) is 3. The van der Waals surface area contributed by atoms with Gasteiger partial charge >= 0.3 is 5.97 Å². The predicted octanol–water partition coefficient (Wildman–Crippen LogP) is 2.52. The van der Waals surface area contributed by atoms with E-state index in [-0.39, 0.29) is 18.0 Å². The Labute approximate surface area is 135 Å². The van der Waals surface area contributed by atoms with E-state index in [1.165, 1.54) is 11.6 Å². The number of para-hydroxylation sites is 2. The molecule has 0 saturated heterocycles. The first-order valence-electron chi connectivity index (χ1n) is 6.83. The second-order valence-electron chi connectivity index (χ2n) is 4.46. The molecule has 7 nitrogen and oxygen atoms in total. The minimum absolute atomic E-state index is 0.164. The van der Waals surface area contributed by atoms with Crippen LogP contribution in [0.1, 0.15) is 27.9 Å². The lowest BCUT2D eigenvalue weighted by atomic mass is 10.3. The predicted molar refractivity (Wildman–Crippen MR) is 85.6 cm³/mol. The van der Waals surface area contributed by atoms with Crippen LogP contribution in [0.5, 0.6) is 0 Å². The number of amides is 1. The van der Waals surface area contributed by atoms with Gasteiger partial charge in [-0.25, -0.2) is 14.8 Å². The maximum Gasteiger partial charge on any atom is 0.357 e. The Morgan fingerprint density at radius 3 is 2.74 bits per heavy atom. The molecule has 1 amide bonds. The van der Waals surface area contributed by atoms with E-state index in [0.29, 0.717) is 16.2 Å². The summed E-state index contributed by atoms with van der Waals surface area (Å²) in [6.07, 6.45) is 1.40. The lowest BCUT2D eigenvalue weighted by Gasteiger charge is -2.02. The van der Waals surface area contributed by atoms with Crippen LogP contribution >= 0.6 is 11.3 Å². The van der Waals surface area contributed by atoms with Crippen LogP contribution in [0.4, 0.5) is 5.13 Å². The van der Waals surface area contributed by atoms with Gasteiger partial charge in [-0.05, 0) is 19.1 Å². The fraction of sp³-hybridized carbons (Fsp3) is 0.133. The molecular formula is C15H12N4O3S. The molecule has 0 aliphatic carbocycles. The first-order chi connectivity index (χ1) is 11.2. The monoisotopic (exact) mass is 328 g/mol. The summed E-state index contributed by atoms with van der Waals surface area (Å²) in [5.41, 5.74) is 1.68. The Kier molecular flexibility index (Phi) is 4.24. The zero-order valence-electron chi connectivity index (χ0n) is 12.1. The van der Waals surface area contributed by atoms with Gasteiger partial charge in [-0.1, -0.05) is 12.1 Å². The van der Waals surface area contributed by atoms with E-state index >= 15 is 0 Å². The molecule has 0 fully saturated rings. The Morgan fingerprint density at radius 2 is 1.96 bits per heavy atom. The van der Waals surface area contributed by atoms with Gasteiger partial charge in [-0.3, -0.25) is 15.1 Å². The average molecular weight is 328 g/mol. The third-order valence-electron chi connectivity index (χ3n) is 2.89. The number of carbonyl (C=O) groups is 2. The van der Waals surface area contributed by atoms with Crippen molar-refractivity contribution in [2.75, 3.05) is 11.9 Å². The third kappa shape index (κ3) is 3.32. The molecular weight excluding hydrogens is 316 g/mol. The molecule has 23 heavy (non-hydrogen) atoms. The van der Waals surface area contributed by atoms with E-state index < -0.39 is 11.9 Å². The summed E-state index contributed by atoms with van der Waals surface area (Å²) >= 11 is 1.14. The molecule has 1 N–H and O–H groups in total. The highest BCUT2D eigenvalue weighted by molar-refractivity contribution is 7.14. The number of thiazole rings is 1. The Morgan fingerprint density at radius 1 is 1.17 bits per heavy atom. The van der Waals surface area contributed by atoms with Crippen molar-refractivity contribution in [2.24, 2.45) is 0 Å². The molecule has 0 saturated carbocycles. The summed E-state index contributed by atoms with van der Waals surface area (Å²) in [6.45, 7) is 1.98. The number of benzene rings is 1. The maximum absolute atomic E-state index is 12.2. The molecule has 8 heteroatoms. The van der Waals surface area contributed by atoms with Gasteiger partial charge in [0.2, 0.25) is 0 Å². The number of hydrogen-bond donors (Lipinski definition) is 1. The van der Waals surface area contributed by atoms with Crippen LogP contribution in [0.15, 0.2) is 35.8 Å². The molecule has 0 aliphatic heterocycles. The van der Waals surface area contributed by atoms with Crippen molar-refractivity contribution >= 4 is 39.4 Å². The van der Waals surface area contributed by atoms with E-state index in [1.54, 1.807) is 13.0 Å². The molecule has 0 bridgehead atoms. The molecule has 0 atom stereocenters. The van der Waals surface area contributed by atoms with Crippen molar-refractivity contribution in [1.29, 1.82) is 0 Å². The molecule has 0 unspecified atom stereocenters. The number of hydrogen-bond acceptors (Lipinski definition) is 7. The van der Waals surface area contributed by atoms with Crippen molar-refractivity contribution in [3.05, 3.63) is 47.2 Å². The number of esters is 1. The minimum atomic E-state index is -0.519. The molecule has 116 valence electrons. The van der Waals surface area contributed by atoms with Gasteiger partial charge in [0, 0.05) is 5.38 Å². The molecule has 0 radical (unpaired) electrons. The normalized spacial score (nSPS) is 10.5. The van der Waals surface area contributed by atoms with Crippen molar-refractivity contribution in [3.63, 3.8) is 0 Å². The average Bonchev–Trinajstić information content (AvgIpc) is 3.03. The fourth-order valence-electron chi connectivity index (χ4n) is 1.86. The van der Waals surface area contributed by atoms with Crippen molar-refractivity contribution in [1.82, 2.24) is 15.0 Å². The number of fused-ring (bicyclic) bond motifs is 1.